The average Bonchev–Trinajstić information content (AvgIpc) is 2.81. The third-order valence-electron chi connectivity index (χ3n) is 1.95. The molecule has 0 aliphatic heterocycles. The van der Waals surface area contributed by atoms with Crippen LogP contribution in [0.25, 0.3) is 0 Å². The van der Waals surface area contributed by atoms with Crippen molar-refractivity contribution in [3.63, 3.8) is 0 Å². The molecule has 1 heterocycles. The third kappa shape index (κ3) is 2.66. The molecule has 0 spiro atoms. The summed E-state index contributed by atoms with van der Waals surface area (Å²) in [5, 5.41) is 0. The van der Waals surface area contributed by atoms with Crippen molar-refractivity contribution in [2.24, 2.45) is 5.92 Å². The maximum absolute atomic E-state index is 5.51. The number of aryl methyl sites for hydroxylation is 1. The summed E-state index contributed by atoms with van der Waals surface area (Å²) in [4.78, 5) is 8.27. The van der Waals surface area contributed by atoms with E-state index < -0.39 is 0 Å². The average molecular weight is 243 g/mol. The quantitative estimate of drug-likeness (QED) is 0.764. The minimum atomic E-state index is 0.672. The molecule has 2 rings (SSSR count). The molecule has 1 aliphatic rings. The molecule has 0 amide bonds. The zero-order valence-electron chi connectivity index (χ0n) is 7.46. The topological polar surface area (TPSA) is 35.0 Å². The maximum atomic E-state index is 5.51. The Morgan fingerprint density at radius 3 is 2.92 bits per heavy atom. The summed E-state index contributed by atoms with van der Waals surface area (Å²) in [6.45, 7) is 2.65. The van der Waals surface area contributed by atoms with Gasteiger partial charge in [-0.3, -0.25) is 0 Å². The Kier molecular flexibility index (Phi) is 2.49. The lowest BCUT2D eigenvalue weighted by Crippen LogP contribution is -2.02. The van der Waals surface area contributed by atoms with E-state index in [0.717, 1.165) is 23.0 Å². The second-order valence-corrected chi connectivity index (χ2v) is 4.14. The molecule has 0 unspecified atom stereocenters. The highest BCUT2D eigenvalue weighted by molar-refractivity contribution is 9.10. The normalized spacial score (nSPS) is 15.8. The molecule has 1 fully saturated rings. The lowest BCUT2D eigenvalue weighted by atomic mass is 10.5. The molecule has 0 saturated heterocycles. The summed E-state index contributed by atoms with van der Waals surface area (Å²) in [6, 6.07) is 1.80. The van der Waals surface area contributed by atoms with Gasteiger partial charge in [-0.15, -0.1) is 0 Å². The van der Waals surface area contributed by atoms with Crippen molar-refractivity contribution >= 4 is 15.9 Å². The summed E-state index contributed by atoms with van der Waals surface area (Å²) in [5.74, 6) is 2.17. The predicted molar refractivity (Wildman–Crippen MR) is 52.7 cm³/mol. The zero-order chi connectivity index (χ0) is 9.26. The number of hydrogen-bond acceptors (Lipinski definition) is 3. The van der Waals surface area contributed by atoms with Crippen LogP contribution >= 0.6 is 15.9 Å². The van der Waals surface area contributed by atoms with Crippen LogP contribution in [-0.2, 0) is 0 Å². The number of nitrogens with zero attached hydrogens (tertiary/aromatic N) is 2. The minimum absolute atomic E-state index is 0.672. The first-order chi connectivity index (χ1) is 6.24. The van der Waals surface area contributed by atoms with Crippen LogP contribution in [0.4, 0.5) is 0 Å². The Labute approximate surface area is 85.7 Å². The fourth-order valence-corrected chi connectivity index (χ4v) is 1.52. The van der Waals surface area contributed by atoms with E-state index in [9.17, 15) is 0 Å². The fraction of sp³-hybridized carbons (Fsp3) is 0.556. The highest BCUT2D eigenvalue weighted by Crippen LogP contribution is 2.29. The second-order valence-electron chi connectivity index (χ2n) is 3.33. The molecule has 0 N–H and O–H groups in total. The van der Waals surface area contributed by atoms with Gasteiger partial charge in [-0.2, -0.15) is 4.98 Å². The van der Waals surface area contributed by atoms with Crippen LogP contribution in [0.5, 0.6) is 5.88 Å². The van der Waals surface area contributed by atoms with Crippen LogP contribution in [0.3, 0.4) is 0 Å². The predicted octanol–water partition coefficient (Wildman–Crippen LogP) is 2.34. The third-order valence-corrected chi connectivity index (χ3v) is 2.35. The molecule has 1 aromatic rings. The summed E-state index contributed by atoms with van der Waals surface area (Å²) >= 11 is 3.30. The van der Waals surface area contributed by atoms with Gasteiger partial charge >= 0.3 is 0 Å². The summed E-state index contributed by atoms with van der Waals surface area (Å²) in [5.41, 5.74) is 0. The van der Waals surface area contributed by atoms with Crippen LogP contribution in [-0.4, -0.2) is 16.6 Å². The Morgan fingerprint density at radius 2 is 2.31 bits per heavy atom. The first-order valence-corrected chi connectivity index (χ1v) is 5.17. The molecule has 0 radical (unpaired) electrons. The standard InChI is InChI=1S/C9H11BrN2O/c1-6-11-8(10)4-9(12-6)13-5-7-2-3-7/h4,7H,2-3,5H2,1H3. The molecule has 1 saturated carbocycles. The summed E-state index contributed by atoms with van der Waals surface area (Å²) in [7, 11) is 0. The molecule has 3 nitrogen and oxygen atoms in total. The molecule has 13 heavy (non-hydrogen) atoms. The van der Waals surface area contributed by atoms with Gasteiger partial charge in [0.1, 0.15) is 10.4 Å². The van der Waals surface area contributed by atoms with Gasteiger partial charge in [-0.05, 0) is 41.6 Å². The Morgan fingerprint density at radius 1 is 1.54 bits per heavy atom. The highest BCUT2D eigenvalue weighted by Gasteiger charge is 2.22. The van der Waals surface area contributed by atoms with Crippen LogP contribution in [0.2, 0.25) is 0 Å². The molecule has 0 atom stereocenters. The van der Waals surface area contributed by atoms with E-state index in [1.54, 1.807) is 6.07 Å². The van der Waals surface area contributed by atoms with Gasteiger partial charge in [0.25, 0.3) is 0 Å². The van der Waals surface area contributed by atoms with E-state index in [0.29, 0.717) is 5.88 Å². The number of rotatable bonds is 3. The van der Waals surface area contributed by atoms with Crippen molar-refractivity contribution in [3.8, 4) is 5.88 Å². The lowest BCUT2D eigenvalue weighted by molar-refractivity contribution is 0.287. The Balaban J connectivity index is 2.01. The first-order valence-electron chi connectivity index (χ1n) is 4.38. The molecule has 4 heteroatoms. The van der Waals surface area contributed by atoms with Crippen LogP contribution < -0.4 is 4.74 Å². The van der Waals surface area contributed by atoms with Crippen molar-refractivity contribution in [2.75, 3.05) is 6.61 Å². The van der Waals surface area contributed by atoms with E-state index in [-0.39, 0.29) is 0 Å². The minimum Gasteiger partial charge on any atom is -0.477 e. The summed E-state index contributed by atoms with van der Waals surface area (Å²) < 4.78 is 6.29. The molecule has 0 aromatic carbocycles. The Bertz CT molecular complexity index is 292. The van der Waals surface area contributed by atoms with Gasteiger partial charge in [0.15, 0.2) is 0 Å². The number of ether oxygens (including phenoxy) is 1. The molecular weight excluding hydrogens is 232 g/mol. The number of aromatic nitrogens is 2. The van der Waals surface area contributed by atoms with Crippen molar-refractivity contribution in [3.05, 3.63) is 16.5 Å². The largest absolute Gasteiger partial charge is 0.477 e. The Hall–Kier alpha value is -0.640. The molecule has 70 valence electrons. The summed E-state index contributed by atoms with van der Waals surface area (Å²) in [6.07, 6.45) is 2.59. The van der Waals surface area contributed by atoms with E-state index in [1.807, 2.05) is 6.92 Å². The van der Waals surface area contributed by atoms with Crippen molar-refractivity contribution < 1.29 is 4.74 Å². The molecule has 1 aliphatic carbocycles. The second kappa shape index (κ2) is 3.62. The lowest BCUT2D eigenvalue weighted by Gasteiger charge is -2.04. The van der Waals surface area contributed by atoms with Gasteiger partial charge in [0, 0.05) is 6.07 Å². The van der Waals surface area contributed by atoms with Crippen LogP contribution in [0.15, 0.2) is 10.7 Å². The number of hydrogen-bond donors (Lipinski definition) is 0. The van der Waals surface area contributed by atoms with Crippen LogP contribution in [0, 0.1) is 12.8 Å². The molecule has 0 bridgehead atoms. The zero-order valence-corrected chi connectivity index (χ0v) is 9.04. The fourth-order valence-electron chi connectivity index (χ4n) is 1.07. The van der Waals surface area contributed by atoms with Crippen LogP contribution in [0.1, 0.15) is 18.7 Å². The SMILES string of the molecule is Cc1nc(Br)cc(OCC2CC2)n1. The van der Waals surface area contributed by atoms with Gasteiger partial charge < -0.3 is 4.74 Å². The van der Waals surface area contributed by atoms with Gasteiger partial charge in [-0.25, -0.2) is 4.98 Å². The first kappa shape index (κ1) is 8.94. The number of halogens is 1. The van der Waals surface area contributed by atoms with Crippen molar-refractivity contribution in [2.45, 2.75) is 19.8 Å². The molecular formula is C9H11BrN2O. The molecule has 1 aromatic heterocycles. The van der Waals surface area contributed by atoms with E-state index in [4.69, 9.17) is 4.74 Å². The van der Waals surface area contributed by atoms with Crippen molar-refractivity contribution in [1.29, 1.82) is 0 Å². The van der Waals surface area contributed by atoms with E-state index >= 15 is 0 Å². The monoisotopic (exact) mass is 242 g/mol. The van der Waals surface area contributed by atoms with Crippen molar-refractivity contribution in [1.82, 2.24) is 9.97 Å². The van der Waals surface area contributed by atoms with Gasteiger partial charge in [0.2, 0.25) is 5.88 Å². The maximum Gasteiger partial charge on any atom is 0.217 e. The highest BCUT2D eigenvalue weighted by atomic mass is 79.9. The van der Waals surface area contributed by atoms with E-state index in [1.165, 1.54) is 12.8 Å². The van der Waals surface area contributed by atoms with Gasteiger partial charge in [-0.1, -0.05) is 0 Å². The van der Waals surface area contributed by atoms with Gasteiger partial charge in [0.05, 0.1) is 6.61 Å². The smallest absolute Gasteiger partial charge is 0.217 e. The van der Waals surface area contributed by atoms with E-state index in [2.05, 4.69) is 25.9 Å².